The number of nitrogens with zero attached hydrogens (tertiary/aromatic N) is 1. The van der Waals surface area contributed by atoms with Crippen LogP contribution < -0.4 is 11.5 Å². The zero-order chi connectivity index (χ0) is 26.1. The maximum absolute atomic E-state index is 13.8. The number of amides is 1. The average Bonchev–Trinajstić information content (AvgIpc) is 2.71. The highest BCUT2D eigenvalue weighted by Crippen LogP contribution is 2.52. The third-order valence-corrected chi connectivity index (χ3v) is 7.68. The van der Waals surface area contributed by atoms with Gasteiger partial charge in [0, 0.05) is 17.7 Å². The minimum absolute atomic E-state index is 0.0687. The lowest BCUT2D eigenvalue weighted by Gasteiger charge is -2.46. The predicted molar refractivity (Wildman–Crippen MR) is 129 cm³/mol. The van der Waals surface area contributed by atoms with Gasteiger partial charge in [-0.3, -0.25) is 19.3 Å². The van der Waals surface area contributed by atoms with Gasteiger partial charge in [0.1, 0.15) is 22.8 Å². The number of carbonyl (C=O) groups is 3. The van der Waals surface area contributed by atoms with Gasteiger partial charge in [-0.25, -0.2) is 0 Å². The van der Waals surface area contributed by atoms with Crippen molar-refractivity contribution < 1.29 is 29.7 Å². The van der Waals surface area contributed by atoms with Crippen LogP contribution >= 0.6 is 0 Å². The number of fused-ring (bicyclic) bond motifs is 3. The summed E-state index contributed by atoms with van der Waals surface area (Å²) in [5, 5.41) is 33.3. The lowest BCUT2D eigenvalue weighted by Crippen LogP contribution is -2.55. The molecule has 0 heterocycles. The van der Waals surface area contributed by atoms with E-state index < -0.39 is 58.0 Å². The first-order chi connectivity index (χ1) is 16.2. The minimum atomic E-state index is -1.27. The molecule has 0 aromatic heterocycles. The van der Waals surface area contributed by atoms with Gasteiger partial charge in [0.15, 0.2) is 11.6 Å². The second kappa shape index (κ2) is 8.20. The van der Waals surface area contributed by atoms with Crippen LogP contribution in [-0.4, -0.2) is 57.8 Å². The van der Waals surface area contributed by atoms with Crippen molar-refractivity contribution in [3.05, 3.63) is 45.2 Å². The molecule has 1 unspecified atom stereocenters. The van der Waals surface area contributed by atoms with Crippen molar-refractivity contribution in [1.82, 2.24) is 4.90 Å². The lowest BCUT2D eigenvalue weighted by molar-refractivity contribution is -0.136. The molecule has 9 heteroatoms. The van der Waals surface area contributed by atoms with E-state index in [0.717, 1.165) is 5.56 Å². The zero-order valence-corrected chi connectivity index (χ0v) is 20.7. The molecule has 1 aromatic carbocycles. The van der Waals surface area contributed by atoms with E-state index in [0.29, 0.717) is 24.0 Å². The number of nitrogens with two attached hydrogens (primary N) is 2. The van der Waals surface area contributed by atoms with Crippen LogP contribution in [0.5, 0.6) is 5.75 Å². The van der Waals surface area contributed by atoms with E-state index in [1.807, 2.05) is 26.8 Å². The molecular formula is C26H33N3O6. The van der Waals surface area contributed by atoms with Gasteiger partial charge in [-0.05, 0) is 61.4 Å². The van der Waals surface area contributed by atoms with E-state index in [1.54, 1.807) is 19.0 Å². The van der Waals surface area contributed by atoms with Crippen LogP contribution in [0.15, 0.2) is 23.0 Å². The molecule has 0 bridgehead atoms. The first kappa shape index (κ1) is 24.9. The number of allylic oxidation sites excluding steroid dienone is 1. The van der Waals surface area contributed by atoms with E-state index in [-0.39, 0.29) is 29.2 Å². The molecule has 0 spiro atoms. The summed E-state index contributed by atoms with van der Waals surface area (Å²) >= 11 is 0. The van der Waals surface area contributed by atoms with Crippen LogP contribution in [0.4, 0.5) is 0 Å². The Hall–Kier alpha value is -3.17. The monoisotopic (exact) mass is 483 g/mol. The first-order valence-corrected chi connectivity index (χ1v) is 11.7. The number of hydrogen-bond donors (Lipinski definition) is 5. The van der Waals surface area contributed by atoms with Gasteiger partial charge in [-0.2, -0.15) is 0 Å². The quantitative estimate of drug-likeness (QED) is 0.319. The summed E-state index contributed by atoms with van der Waals surface area (Å²) in [6.07, 6.45) is 0.654. The molecule has 9 nitrogen and oxygen atoms in total. The van der Waals surface area contributed by atoms with Gasteiger partial charge >= 0.3 is 0 Å². The molecule has 4 atom stereocenters. The van der Waals surface area contributed by atoms with Crippen molar-refractivity contribution in [2.75, 3.05) is 14.1 Å². The third kappa shape index (κ3) is 3.56. The predicted octanol–water partition coefficient (Wildman–Crippen LogP) is 1.61. The number of aromatic hydroxyl groups is 1. The largest absolute Gasteiger partial charge is 0.510 e. The number of benzene rings is 1. The minimum Gasteiger partial charge on any atom is -0.510 e. The summed E-state index contributed by atoms with van der Waals surface area (Å²) in [6.45, 7) is 5.96. The van der Waals surface area contributed by atoms with Crippen molar-refractivity contribution >= 4 is 23.2 Å². The Morgan fingerprint density at radius 3 is 2.29 bits per heavy atom. The second-order valence-electron chi connectivity index (χ2n) is 11.0. The summed E-state index contributed by atoms with van der Waals surface area (Å²) in [5.74, 6) is -5.75. The zero-order valence-electron chi connectivity index (χ0n) is 20.7. The van der Waals surface area contributed by atoms with Crippen molar-refractivity contribution in [1.29, 1.82) is 0 Å². The molecule has 4 rings (SSSR count). The van der Waals surface area contributed by atoms with Gasteiger partial charge in [0.2, 0.25) is 0 Å². The second-order valence-corrected chi connectivity index (χ2v) is 11.0. The molecule has 188 valence electrons. The molecule has 1 aromatic rings. The first-order valence-electron chi connectivity index (χ1n) is 11.7. The highest BCUT2D eigenvalue weighted by Gasteiger charge is 2.55. The Balaban J connectivity index is 1.94. The number of aliphatic hydroxyl groups excluding tert-OH is 2. The van der Waals surface area contributed by atoms with E-state index in [4.69, 9.17) is 11.5 Å². The van der Waals surface area contributed by atoms with Crippen molar-refractivity contribution in [2.45, 2.75) is 51.6 Å². The van der Waals surface area contributed by atoms with E-state index in [9.17, 15) is 29.7 Å². The summed E-state index contributed by atoms with van der Waals surface area (Å²) in [6, 6.07) is 1.08. The summed E-state index contributed by atoms with van der Waals surface area (Å²) in [7, 11) is 3.38. The normalized spacial score (nSPS) is 26.6. The highest BCUT2D eigenvalue weighted by atomic mass is 16.3. The maximum atomic E-state index is 13.8. The highest BCUT2D eigenvalue weighted by molar-refractivity contribution is 6.28. The van der Waals surface area contributed by atoms with Gasteiger partial charge in [-0.15, -0.1) is 0 Å². The van der Waals surface area contributed by atoms with Crippen LogP contribution in [0.3, 0.4) is 0 Å². The van der Waals surface area contributed by atoms with Crippen LogP contribution in [0.2, 0.25) is 0 Å². The molecule has 0 saturated heterocycles. The van der Waals surface area contributed by atoms with Gasteiger partial charge in [0.05, 0.1) is 17.5 Å². The Labute approximate surface area is 204 Å². The van der Waals surface area contributed by atoms with Crippen LogP contribution in [0, 0.1) is 17.8 Å². The Morgan fingerprint density at radius 1 is 1.14 bits per heavy atom. The van der Waals surface area contributed by atoms with Crippen LogP contribution in [0.1, 0.15) is 49.4 Å². The number of ketones is 2. The molecule has 3 aliphatic rings. The number of Topliss-reactive ketones (excluding diaryl/α,β-unsaturated/α-hetero) is 2. The van der Waals surface area contributed by atoms with Crippen LogP contribution in [0.25, 0.3) is 5.76 Å². The maximum Gasteiger partial charge on any atom is 0.255 e. The Morgan fingerprint density at radius 2 is 1.77 bits per heavy atom. The summed E-state index contributed by atoms with van der Waals surface area (Å²) in [5.41, 5.74) is 12.7. The Kier molecular flexibility index (Phi) is 5.84. The number of likely N-dealkylation sites (N-methyl/N-ethyl adjacent to an activating group) is 1. The summed E-state index contributed by atoms with van der Waals surface area (Å²) in [4.78, 5) is 40.7. The smallest absolute Gasteiger partial charge is 0.255 e. The molecule has 3 aliphatic carbocycles. The van der Waals surface area contributed by atoms with Crippen molar-refractivity contribution in [3.63, 3.8) is 0 Å². The molecule has 1 saturated carbocycles. The number of phenolic OH excluding ortho intramolecular Hbond substituents is 1. The molecular weight excluding hydrogens is 450 g/mol. The van der Waals surface area contributed by atoms with E-state index >= 15 is 0 Å². The van der Waals surface area contributed by atoms with Gasteiger partial charge in [0.25, 0.3) is 5.91 Å². The average molecular weight is 484 g/mol. The number of carbonyl (C=O) groups excluding carboxylic acids is 3. The van der Waals surface area contributed by atoms with E-state index in [1.165, 1.54) is 0 Å². The SMILES string of the molecule is CN(C)[C@@H]1C(O)=C(C(N)=O)C(=O)C2C(=O)C3=C(O)c4c(O)c(C(C)(C)C)cc(CN)c4C[C@H]3C[C@H]21. The number of primary amides is 1. The van der Waals surface area contributed by atoms with Crippen LogP contribution in [-0.2, 0) is 32.8 Å². The fourth-order valence-corrected chi connectivity index (χ4v) is 6.16. The molecule has 1 amide bonds. The van der Waals surface area contributed by atoms with Gasteiger partial charge < -0.3 is 26.8 Å². The van der Waals surface area contributed by atoms with E-state index in [2.05, 4.69) is 0 Å². The number of rotatable bonds is 3. The topological polar surface area (TPSA) is 167 Å². The molecule has 35 heavy (non-hydrogen) atoms. The summed E-state index contributed by atoms with van der Waals surface area (Å²) < 4.78 is 0. The molecule has 1 fully saturated rings. The number of hydrogen-bond acceptors (Lipinski definition) is 8. The fourth-order valence-electron chi connectivity index (χ4n) is 6.16. The molecule has 7 N–H and O–H groups in total. The van der Waals surface area contributed by atoms with Crippen molar-refractivity contribution in [3.8, 4) is 5.75 Å². The molecule has 0 radical (unpaired) electrons. The number of aliphatic hydroxyl groups is 2. The third-order valence-electron chi connectivity index (χ3n) is 7.68. The standard InChI is InChI=1S/C26H33N3O6/c1-26(2,3)14-8-11(9-27)12-6-10-7-13-17(22(32)15(10)21(31)16(12)20(14)30)23(33)18(25(28)35)24(34)19(13)29(4)5/h8,10,13,17,19,30-31,34H,6-7,9,27H2,1-5H3,(H2,28,35)/t10-,13+,17?,19-/m0/s1. The Bertz CT molecular complexity index is 1220. The lowest BCUT2D eigenvalue weighted by atomic mass is 9.59. The van der Waals surface area contributed by atoms with Gasteiger partial charge in [-0.1, -0.05) is 20.8 Å². The van der Waals surface area contributed by atoms with Crippen molar-refractivity contribution in [2.24, 2.45) is 29.2 Å². The fraction of sp³-hybridized carbons (Fsp3) is 0.500. The molecule has 0 aliphatic heterocycles. The number of phenols is 1.